The molecule has 0 spiro atoms. The Labute approximate surface area is 136 Å². The van der Waals surface area contributed by atoms with Crippen molar-refractivity contribution >= 4 is 28.9 Å². The first-order chi connectivity index (χ1) is 10.4. The first kappa shape index (κ1) is 16.4. The van der Waals surface area contributed by atoms with Crippen LogP contribution in [-0.4, -0.2) is 12.5 Å². The molecule has 0 unspecified atom stereocenters. The summed E-state index contributed by atoms with van der Waals surface area (Å²) in [5, 5.41) is 6.66. The van der Waals surface area contributed by atoms with E-state index in [0.29, 0.717) is 5.02 Å². The monoisotopic (exact) mass is 316 g/mol. The largest absolute Gasteiger partial charge is 0.375 e. The topological polar surface area (TPSA) is 41.1 Å². The quantitative estimate of drug-likeness (QED) is 0.863. The third-order valence-corrected chi connectivity index (χ3v) is 3.81. The zero-order valence-electron chi connectivity index (χ0n) is 13.4. The molecule has 0 aromatic heterocycles. The maximum absolute atomic E-state index is 12.1. The van der Waals surface area contributed by atoms with Gasteiger partial charge in [-0.05, 0) is 56.5 Å². The number of carbonyl (C=O) groups is 1. The van der Waals surface area contributed by atoms with E-state index in [1.54, 1.807) is 0 Å². The van der Waals surface area contributed by atoms with Gasteiger partial charge in [0.15, 0.2) is 0 Å². The second kappa shape index (κ2) is 6.84. The summed E-state index contributed by atoms with van der Waals surface area (Å²) in [6, 6.07) is 9.88. The standard InChI is InChI=1S/C18H21ClN2O/c1-11-5-6-16(13(3)7-11)21-17(22)10-20-18-14(4)8-12(2)9-15(18)19/h5-9,20H,10H2,1-4H3,(H,21,22). The number of rotatable bonds is 4. The van der Waals surface area contributed by atoms with Crippen LogP contribution in [-0.2, 0) is 4.79 Å². The van der Waals surface area contributed by atoms with Crippen LogP contribution < -0.4 is 10.6 Å². The molecule has 2 N–H and O–H groups in total. The van der Waals surface area contributed by atoms with Crippen molar-refractivity contribution in [2.75, 3.05) is 17.2 Å². The third-order valence-electron chi connectivity index (χ3n) is 3.51. The number of amides is 1. The zero-order chi connectivity index (χ0) is 16.3. The molecule has 22 heavy (non-hydrogen) atoms. The lowest BCUT2D eigenvalue weighted by atomic mass is 10.1. The molecule has 3 nitrogen and oxygen atoms in total. The summed E-state index contributed by atoms with van der Waals surface area (Å²) in [6.45, 7) is 8.16. The lowest BCUT2D eigenvalue weighted by molar-refractivity contribution is -0.114. The number of carbonyl (C=O) groups excluding carboxylic acids is 1. The Morgan fingerprint density at radius 3 is 2.32 bits per heavy atom. The summed E-state index contributed by atoms with van der Waals surface area (Å²) >= 11 is 6.23. The van der Waals surface area contributed by atoms with Crippen molar-refractivity contribution < 1.29 is 4.79 Å². The van der Waals surface area contributed by atoms with E-state index in [0.717, 1.165) is 28.1 Å². The molecular weight excluding hydrogens is 296 g/mol. The molecule has 1 amide bonds. The molecule has 0 aliphatic rings. The molecule has 0 atom stereocenters. The molecule has 0 aliphatic heterocycles. The van der Waals surface area contributed by atoms with Gasteiger partial charge in [0, 0.05) is 5.69 Å². The predicted molar refractivity (Wildman–Crippen MR) is 94.0 cm³/mol. The number of aryl methyl sites for hydroxylation is 4. The minimum atomic E-state index is -0.0944. The van der Waals surface area contributed by atoms with Crippen LogP contribution in [0.2, 0.25) is 5.02 Å². The average Bonchev–Trinajstić information content (AvgIpc) is 2.40. The molecular formula is C18H21ClN2O. The molecule has 4 heteroatoms. The summed E-state index contributed by atoms with van der Waals surface area (Å²) in [7, 11) is 0. The summed E-state index contributed by atoms with van der Waals surface area (Å²) in [6.07, 6.45) is 0. The Kier molecular flexibility index (Phi) is 5.09. The summed E-state index contributed by atoms with van der Waals surface area (Å²) in [5.74, 6) is -0.0944. The van der Waals surface area contributed by atoms with Gasteiger partial charge in [-0.25, -0.2) is 0 Å². The molecule has 2 aromatic carbocycles. The lowest BCUT2D eigenvalue weighted by Crippen LogP contribution is -2.22. The van der Waals surface area contributed by atoms with Crippen LogP contribution in [0.25, 0.3) is 0 Å². The highest BCUT2D eigenvalue weighted by molar-refractivity contribution is 6.33. The molecule has 0 radical (unpaired) electrons. The first-order valence-electron chi connectivity index (χ1n) is 7.24. The summed E-state index contributed by atoms with van der Waals surface area (Å²) < 4.78 is 0. The fraction of sp³-hybridized carbons (Fsp3) is 0.278. The molecule has 116 valence electrons. The average molecular weight is 317 g/mol. The van der Waals surface area contributed by atoms with Crippen LogP contribution >= 0.6 is 11.6 Å². The van der Waals surface area contributed by atoms with Crippen molar-refractivity contribution in [1.82, 2.24) is 0 Å². The number of benzene rings is 2. The Morgan fingerprint density at radius 2 is 1.68 bits per heavy atom. The highest BCUT2D eigenvalue weighted by Gasteiger charge is 2.09. The minimum Gasteiger partial charge on any atom is -0.375 e. The van der Waals surface area contributed by atoms with Gasteiger partial charge in [0.1, 0.15) is 0 Å². The van der Waals surface area contributed by atoms with Crippen LogP contribution in [0, 0.1) is 27.7 Å². The van der Waals surface area contributed by atoms with Crippen molar-refractivity contribution in [3.05, 3.63) is 57.6 Å². The second-order valence-electron chi connectivity index (χ2n) is 5.66. The highest BCUT2D eigenvalue weighted by Crippen LogP contribution is 2.27. The Bertz CT molecular complexity index is 687. The van der Waals surface area contributed by atoms with Gasteiger partial charge >= 0.3 is 0 Å². The number of anilines is 2. The van der Waals surface area contributed by atoms with Crippen molar-refractivity contribution in [3.63, 3.8) is 0 Å². The van der Waals surface area contributed by atoms with Crippen LogP contribution in [0.15, 0.2) is 30.3 Å². The molecule has 0 saturated heterocycles. The van der Waals surface area contributed by atoms with Crippen molar-refractivity contribution in [2.45, 2.75) is 27.7 Å². The molecule has 2 rings (SSSR count). The van der Waals surface area contributed by atoms with Gasteiger partial charge in [0.25, 0.3) is 0 Å². The fourth-order valence-electron chi connectivity index (χ4n) is 2.46. The van der Waals surface area contributed by atoms with Gasteiger partial charge in [0.05, 0.1) is 17.3 Å². The SMILES string of the molecule is Cc1ccc(NC(=O)CNc2c(C)cc(C)cc2Cl)c(C)c1. The molecule has 2 aromatic rings. The first-order valence-corrected chi connectivity index (χ1v) is 7.62. The maximum atomic E-state index is 12.1. The molecule has 0 aliphatic carbocycles. The Morgan fingerprint density at radius 1 is 1.00 bits per heavy atom. The fourth-order valence-corrected chi connectivity index (χ4v) is 2.84. The van der Waals surface area contributed by atoms with Gasteiger partial charge in [-0.2, -0.15) is 0 Å². The van der Waals surface area contributed by atoms with E-state index in [2.05, 4.69) is 10.6 Å². The Balaban J connectivity index is 2.02. The third kappa shape index (κ3) is 4.01. The normalized spacial score (nSPS) is 10.4. The summed E-state index contributed by atoms with van der Waals surface area (Å²) in [4.78, 5) is 12.1. The van der Waals surface area contributed by atoms with Gasteiger partial charge in [-0.1, -0.05) is 35.4 Å². The van der Waals surface area contributed by atoms with E-state index < -0.39 is 0 Å². The Hall–Kier alpha value is -2.00. The maximum Gasteiger partial charge on any atom is 0.243 e. The van der Waals surface area contributed by atoms with E-state index in [9.17, 15) is 4.79 Å². The van der Waals surface area contributed by atoms with Gasteiger partial charge < -0.3 is 10.6 Å². The van der Waals surface area contributed by atoms with Crippen molar-refractivity contribution in [1.29, 1.82) is 0 Å². The van der Waals surface area contributed by atoms with Crippen LogP contribution in [0.5, 0.6) is 0 Å². The van der Waals surface area contributed by atoms with Crippen LogP contribution in [0.4, 0.5) is 11.4 Å². The second-order valence-corrected chi connectivity index (χ2v) is 6.07. The van der Waals surface area contributed by atoms with E-state index in [1.165, 1.54) is 5.56 Å². The number of nitrogens with one attached hydrogen (secondary N) is 2. The van der Waals surface area contributed by atoms with Gasteiger partial charge in [-0.3, -0.25) is 4.79 Å². The van der Waals surface area contributed by atoms with E-state index >= 15 is 0 Å². The summed E-state index contributed by atoms with van der Waals surface area (Å²) in [5.41, 5.74) is 6.01. The predicted octanol–water partition coefficient (Wildman–Crippen LogP) is 4.62. The minimum absolute atomic E-state index is 0.0944. The molecule has 0 heterocycles. The van der Waals surface area contributed by atoms with Crippen LogP contribution in [0.3, 0.4) is 0 Å². The van der Waals surface area contributed by atoms with Gasteiger partial charge in [0.2, 0.25) is 5.91 Å². The van der Waals surface area contributed by atoms with E-state index in [1.807, 2.05) is 58.0 Å². The van der Waals surface area contributed by atoms with Gasteiger partial charge in [-0.15, -0.1) is 0 Å². The molecule has 0 saturated carbocycles. The zero-order valence-corrected chi connectivity index (χ0v) is 14.1. The number of hydrogen-bond donors (Lipinski definition) is 2. The van der Waals surface area contributed by atoms with E-state index in [-0.39, 0.29) is 12.5 Å². The highest BCUT2D eigenvalue weighted by atomic mass is 35.5. The number of halogens is 1. The smallest absolute Gasteiger partial charge is 0.243 e. The number of hydrogen-bond acceptors (Lipinski definition) is 2. The van der Waals surface area contributed by atoms with Crippen molar-refractivity contribution in [2.24, 2.45) is 0 Å². The molecule has 0 fully saturated rings. The van der Waals surface area contributed by atoms with Crippen LogP contribution in [0.1, 0.15) is 22.3 Å². The lowest BCUT2D eigenvalue weighted by Gasteiger charge is -2.13. The molecule has 0 bridgehead atoms. The van der Waals surface area contributed by atoms with E-state index in [4.69, 9.17) is 11.6 Å². The van der Waals surface area contributed by atoms with Crippen molar-refractivity contribution in [3.8, 4) is 0 Å².